The minimum atomic E-state index is -0.363. The summed E-state index contributed by atoms with van der Waals surface area (Å²) >= 11 is 0. The molecule has 7 nitrogen and oxygen atoms in total. The van der Waals surface area contributed by atoms with Gasteiger partial charge in [0.25, 0.3) is 23.6 Å². The van der Waals surface area contributed by atoms with E-state index in [0.29, 0.717) is 42.6 Å². The number of aryl methyl sites for hydroxylation is 2. The Balaban J connectivity index is 1.37. The number of piperidine rings is 1. The zero-order valence-electron chi connectivity index (χ0n) is 19.5. The van der Waals surface area contributed by atoms with Crippen molar-refractivity contribution in [2.75, 3.05) is 13.1 Å². The van der Waals surface area contributed by atoms with Crippen LogP contribution in [0.15, 0.2) is 36.4 Å². The molecule has 0 atom stereocenters. The molecule has 2 aliphatic rings. The van der Waals surface area contributed by atoms with E-state index in [1.807, 2.05) is 36.9 Å². The van der Waals surface area contributed by atoms with Gasteiger partial charge in [-0.1, -0.05) is 6.07 Å². The molecule has 1 N–H and O–H groups in total. The van der Waals surface area contributed by atoms with Crippen molar-refractivity contribution >= 4 is 23.6 Å². The highest BCUT2D eigenvalue weighted by Crippen LogP contribution is 2.26. The Kier molecular flexibility index (Phi) is 6.06. The Hall–Kier alpha value is -3.48. The van der Waals surface area contributed by atoms with Crippen LogP contribution in [0.1, 0.15) is 79.2 Å². The average Bonchev–Trinajstić information content (AvgIpc) is 3.05. The van der Waals surface area contributed by atoms with Crippen molar-refractivity contribution in [1.82, 2.24) is 15.1 Å². The maximum absolute atomic E-state index is 12.8. The van der Waals surface area contributed by atoms with Gasteiger partial charge in [0.15, 0.2) is 0 Å². The van der Waals surface area contributed by atoms with Crippen molar-refractivity contribution in [1.29, 1.82) is 0 Å². The lowest BCUT2D eigenvalue weighted by Gasteiger charge is -2.32. The summed E-state index contributed by atoms with van der Waals surface area (Å²) in [5.41, 5.74) is 3.90. The van der Waals surface area contributed by atoms with Gasteiger partial charge in [0.05, 0.1) is 11.1 Å². The lowest BCUT2D eigenvalue weighted by Crippen LogP contribution is -2.46. The van der Waals surface area contributed by atoms with E-state index >= 15 is 0 Å². The molecule has 2 aromatic rings. The van der Waals surface area contributed by atoms with Crippen LogP contribution in [-0.2, 0) is 0 Å². The standard InChI is InChI=1S/C26H29N3O4/c1-15(2)29-25(32)21-8-7-18(14-22(21)26(29)33)23(30)27-20-9-11-28(12-10-20)24(31)19-6-5-16(3)17(4)13-19/h5-8,13-15,20H,9-12H2,1-4H3,(H,27,30). The fraction of sp³-hybridized carbons (Fsp3) is 0.385. The smallest absolute Gasteiger partial charge is 0.261 e. The second kappa shape index (κ2) is 8.81. The summed E-state index contributed by atoms with van der Waals surface area (Å²) < 4.78 is 0. The summed E-state index contributed by atoms with van der Waals surface area (Å²) in [6, 6.07) is 10.1. The van der Waals surface area contributed by atoms with Gasteiger partial charge >= 0.3 is 0 Å². The third-order valence-corrected chi connectivity index (χ3v) is 6.57. The van der Waals surface area contributed by atoms with Crippen LogP contribution in [0, 0.1) is 13.8 Å². The third-order valence-electron chi connectivity index (χ3n) is 6.57. The number of likely N-dealkylation sites (tertiary alicyclic amines) is 1. The second-order valence-corrected chi connectivity index (χ2v) is 9.17. The van der Waals surface area contributed by atoms with Gasteiger partial charge in [0.1, 0.15) is 0 Å². The molecule has 1 fully saturated rings. The van der Waals surface area contributed by atoms with Gasteiger partial charge in [-0.2, -0.15) is 0 Å². The maximum atomic E-state index is 12.8. The second-order valence-electron chi connectivity index (χ2n) is 9.17. The van der Waals surface area contributed by atoms with Gasteiger partial charge in [-0.05, 0) is 82.0 Å². The van der Waals surface area contributed by atoms with Crippen LogP contribution in [0.4, 0.5) is 0 Å². The Bertz CT molecular complexity index is 1150. The van der Waals surface area contributed by atoms with Gasteiger partial charge in [-0.3, -0.25) is 24.1 Å². The van der Waals surface area contributed by atoms with E-state index in [4.69, 9.17) is 0 Å². The minimum absolute atomic E-state index is 0.0133. The predicted octanol–water partition coefficient (Wildman–Crippen LogP) is 3.34. The fourth-order valence-electron chi connectivity index (χ4n) is 4.42. The minimum Gasteiger partial charge on any atom is -0.349 e. The Morgan fingerprint density at radius 1 is 0.879 bits per heavy atom. The predicted molar refractivity (Wildman–Crippen MR) is 124 cm³/mol. The largest absolute Gasteiger partial charge is 0.349 e. The first-order valence-electron chi connectivity index (χ1n) is 11.4. The number of imide groups is 1. The van der Waals surface area contributed by atoms with Gasteiger partial charge < -0.3 is 10.2 Å². The highest BCUT2D eigenvalue weighted by molar-refractivity contribution is 6.22. The number of carbonyl (C=O) groups excluding carboxylic acids is 4. The van der Waals surface area contributed by atoms with Gasteiger partial charge in [0.2, 0.25) is 0 Å². The summed E-state index contributed by atoms with van der Waals surface area (Å²) in [5.74, 6) is -0.949. The molecule has 4 rings (SSSR count). The van der Waals surface area contributed by atoms with Crippen LogP contribution in [0.25, 0.3) is 0 Å². The van der Waals surface area contributed by atoms with Crippen molar-refractivity contribution in [3.05, 3.63) is 69.8 Å². The highest BCUT2D eigenvalue weighted by Gasteiger charge is 2.37. The summed E-state index contributed by atoms with van der Waals surface area (Å²) in [4.78, 5) is 53.7. The van der Waals surface area contributed by atoms with E-state index in [0.717, 1.165) is 11.1 Å². The number of benzene rings is 2. The highest BCUT2D eigenvalue weighted by atomic mass is 16.2. The number of hydrogen-bond donors (Lipinski definition) is 1. The lowest BCUT2D eigenvalue weighted by atomic mass is 10.0. The number of fused-ring (bicyclic) bond motifs is 1. The van der Waals surface area contributed by atoms with E-state index < -0.39 is 0 Å². The van der Waals surface area contributed by atoms with Crippen molar-refractivity contribution in [3.8, 4) is 0 Å². The van der Waals surface area contributed by atoms with Crippen molar-refractivity contribution in [3.63, 3.8) is 0 Å². The number of carbonyl (C=O) groups is 4. The average molecular weight is 448 g/mol. The Labute approximate surface area is 193 Å². The molecule has 0 spiro atoms. The molecule has 1 saturated heterocycles. The molecule has 0 radical (unpaired) electrons. The van der Waals surface area contributed by atoms with Crippen LogP contribution < -0.4 is 5.32 Å². The summed E-state index contributed by atoms with van der Waals surface area (Å²) in [6.07, 6.45) is 1.32. The van der Waals surface area contributed by atoms with Crippen LogP contribution in [0.2, 0.25) is 0 Å². The van der Waals surface area contributed by atoms with Crippen molar-refractivity contribution in [2.45, 2.75) is 52.6 Å². The SMILES string of the molecule is Cc1ccc(C(=O)N2CCC(NC(=O)c3ccc4c(c3)C(=O)N(C(C)C)C4=O)CC2)cc1C. The summed E-state index contributed by atoms with van der Waals surface area (Å²) in [5, 5.41) is 3.02. The monoisotopic (exact) mass is 447 g/mol. The van der Waals surface area contributed by atoms with Gasteiger partial charge in [0, 0.05) is 36.3 Å². The number of rotatable bonds is 4. The van der Waals surface area contributed by atoms with Crippen LogP contribution in [-0.4, -0.2) is 58.6 Å². The molecule has 172 valence electrons. The summed E-state index contributed by atoms with van der Waals surface area (Å²) in [7, 11) is 0. The first-order chi connectivity index (χ1) is 15.7. The van der Waals surface area contributed by atoms with E-state index in [1.165, 1.54) is 11.0 Å². The number of nitrogens with zero attached hydrogens (tertiary/aromatic N) is 2. The third kappa shape index (κ3) is 4.27. The molecular formula is C26H29N3O4. The molecule has 33 heavy (non-hydrogen) atoms. The van der Waals surface area contributed by atoms with Gasteiger partial charge in [-0.15, -0.1) is 0 Å². The molecule has 2 aliphatic heterocycles. The molecule has 0 saturated carbocycles. The van der Waals surface area contributed by atoms with Crippen molar-refractivity contribution < 1.29 is 19.2 Å². The summed E-state index contributed by atoms with van der Waals surface area (Å²) in [6.45, 7) is 8.72. The van der Waals surface area contributed by atoms with E-state index in [9.17, 15) is 19.2 Å². The topological polar surface area (TPSA) is 86.8 Å². The Morgan fingerprint density at radius 3 is 2.15 bits per heavy atom. The van der Waals surface area contributed by atoms with Crippen LogP contribution >= 0.6 is 0 Å². The normalized spacial score (nSPS) is 16.4. The molecule has 2 heterocycles. The Morgan fingerprint density at radius 2 is 1.52 bits per heavy atom. The van der Waals surface area contributed by atoms with Crippen LogP contribution in [0.3, 0.4) is 0 Å². The quantitative estimate of drug-likeness (QED) is 0.729. The van der Waals surface area contributed by atoms with E-state index in [2.05, 4.69) is 5.32 Å². The molecule has 0 unspecified atom stereocenters. The number of nitrogens with one attached hydrogen (secondary N) is 1. The fourth-order valence-corrected chi connectivity index (χ4v) is 4.42. The van der Waals surface area contributed by atoms with E-state index in [1.54, 1.807) is 26.0 Å². The molecule has 2 aromatic carbocycles. The van der Waals surface area contributed by atoms with Gasteiger partial charge in [-0.25, -0.2) is 0 Å². The molecule has 0 aliphatic carbocycles. The molecule has 0 bridgehead atoms. The maximum Gasteiger partial charge on any atom is 0.261 e. The molecule has 0 aromatic heterocycles. The number of amides is 4. The number of hydrogen-bond acceptors (Lipinski definition) is 4. The first-order valence-corrected chi connectivity index (χ1v) is 11.4. The van der Waals surface area contributed by atoms with Crippen molar-refractivity contribution in [2.24, 2.45) is 0 Å². The molecular weight excluding hydrogens is 418 g/mol. The molecule has 4 amide bonds. The zero-order valence-corrected chi connectivity index (χ0v) is 19.5. The van der Waals surface area contributed by atoms with E-state index in [-0.39, 0.29) is 41.3 Å². The molecule has 7 heteroatoms. The first kappa shape index (κ1) is 22.7. The zero-order chi connectivity index (χ0) is 23.9. The van der Waals surface area contributed by atoms with Crippen LogP contribution in [0.5, 0.6) is 0 Å². The lowest BCUT2D eigenvalue weighted by molar-refractivity contribution is 0.0607.